The van der Waals surface area contributed by atoms with E-state index >= 15 is 0 Å². The summed E-state index contributed by atoms with van der Waals surface area (Å²) in [6.07, 6.45) is 0. The van der Waals surface area contributed by atoms with Crippen LogP contribution in [0.3, 0.4) is 0 Å². The van der Waals surface area contributed by atoms with Gasteiger partial charge >= 0.3 is 0 Å². The minimum Gasteiger partial charge on any atom is -0.508 e. The lowest BCUT2D eigenvalue weighted by Gasteiger charge is -2.05. The fourth-order valence-corrected chi connectivity index (χ4v) is 3.27. The number of halogens is 3. The highest BCUT2D eigenvalue weighted by molar-refractivity contribution is 5.98. The van der Waals surface area contributed by atoms with Crippen molar-refractivity contribution < 1.29 is 33.5 Å². The molecule has 0 amide bonds. The van der Waals surface area contributed by atoms with Crippen LogP contribution in [-0.4, -0.2) is 21.7 Å². The molecule has 0 aliphatic carbocycles. The average Bonchev–Trinajstić information content (AvgIpc) is 2.92. The Labute approximate surface area is 250 Å². The van der Waals surface area contributed by atoms with Crippen LogP contribution in [-0.2, 0) is 22.9 Å². The van der Waals surface area contributed by atoms with Gasteiger partial charge in [0.05, 0.1) is 12.3 Å². The highest BCUT2D eigenvalue weighted by Crippen LogP contribution is 2.19. The summed E-state index contributed by atoms with van der Waals surface area (Å²) in [6, 6.07) is 22.5. The number of rotatable bonds is 7. The Morgan fingerprint density at radius 3 is 1.69 bits per heavy atom. The maximum Gasteiger partial charge on any atom is 0.159 e. The molecule has 0 saturated carbocycles. The molecule has 0 fully saturated rings. The molecule has 4 aromatic rings. The number of aromatic hydroxyl groups is 2. The Morgan fingerprint density at radius 2 is 1.24 bits per heavy atom. The molecule has 0 unspecified atom stereocenters. The van der Waals surface area contributed by atoms with Gasteiger partial charge in [0.2, 0.25) is 0 Å². The SMILES string of the molecule is C/C(=N\OCc1cccc(F)c1)c1ccc(C)c(O)c1.CC(=O)c1ccc(C)c(O)c1.Cl.NOCc1cccc(F)c1. The largest absolute Gasteiger partial charge is 0.508 e. The molecule has 0 aliphatic heterocycles. The third kappa shape index (κ3) is 12.5. The van der Waals surface area contributed by atoms with E-state index in [1.54, 1.807) is 56.3 Å². The molecular formula is C32H35ClF2N2O5. The van der Waals surface area contributed by atoms with Gasteiger partial charge in [-0.3, -0.25) is 9.63 Å². The zero-order valence-corrected chi connectivity index (χ0v) is 24.6. The first-order chi connectivity index (χ1) is 19.5. The first-order valence-electron chi connectivity index (χ1n) is 12.6. The molecule has 0 bridgehead atoms. The van der Waals surface area contributed by atoms with E-state index in [0.717, 1.165) is 22.3 Å². The van der Waals surface area contributed by atoms with Gasteiger partial charge in [0.1, 0.15) is 29.7 Å². The second-order valence-electron chi connectivity index (χ2n) is 9.08. The van der Waals surface area contributed by atoms with E-state index in [0.29, 0.717) is 16.8 Å². The van der Waals surface area contributed by atoms with E-state index < -0.39 is 0 Å². The number of hydrogen-bond donors (Lipinski definition) is 3. The average molecular weight is 601 g/mol. The van der Waals surface area contributed by atoms with Crippen molar-refractivity contribution in [1.29, 1.82) is 0 Å². The predicted molar refractivity (Wildman–Crippen MR) is 162 cm³/mol. The van der Waals surface area contributed by atoms with Crippen molar-refractivity contribution in [3.8, 4) is 11.5 Å². The molecule has 0 spiro atoms. The minimum atomic E-state index is -0.296. The van der Waals surface area contributed by atoms with E-state index in [1.165, 1.54) is 37.3 Å². The van der Waals surface area contributed by atoms with Crippen molar-refractivity contribution in [3.63, 3.8) is 0 Å². The first kappa shape index (κ1) is 35.7. The number of carbonyl (C=O) groups is 1. The van der Waals surface area contributed by atoms with Crippen LogP contribution in [0.1, 0.15) is 52.0 Å². The predicted octanol–water partition coefficient (Wildman–Crippen LogP) is 7.32. The van der Waals surface area contributed by atoms with Gasteiger partial charge in [-0.15, -0.1) is 12.4 Å². The number of phenols is 2. The van der Waals surface area contributed by atoms with Crippen LogP contribution in [0.5, 0.6) is 11.5 Å². The molecule has 0 radical (unpaired) electrons. The maximum absolute atomic E-state index is 13.0. The van der Waals surface area contributed by atoms with Gasteiger partial charge in [0.25, 0.3) is 0 Å². The summed E-state index contributed by atoms with van der Waals surface area (Å²) >= 11 is 0. The molecule has 0 saturated heterocycles. The molecule has 0 aromatic heterocycles. The van der Waals surface area contributed by atoms with Gasteiger partial charge in [0.15, 0.2) is 5.78 Å². The Hall–Kier alpha value is -4.31. The molecule has 4 rings (SSSR count). The summed E-state index contributed by atoms with van der Waals surface area (Å²) in [5.41, 5.74) is 5.03. The molecule has 10 heteroatoms. The number of nitrogens with zero attached hydrogens (tertiary/aromatic N) is 1. The van der Waals surface area contributed by atoms with E-state index in [9.17, 15) is 23.8 Å². The topological polar surface area (TPSA) is 114 Å². The van der Waals surface area contributed by atoms with Gasteiger partial charge in [-0.1, -0.05) is 53.7 Å². The monoisotopic (exact) mass is 600 g/mol. The van der Waals surface area contributed by atoms with Crippen LogP contribution in [0.25, 0.3) is 0 Å². The van der Waals surface area contributed by atoms with Gasteiger partial charge in [-0.05, 0) is 86.3 Å². The van der Waals surface area contributed by atoms with Gasteiger partial charge in [0, 0.05) is 11.1 Å². The number of carbonyl (C=O) groups excluding carboxylic acids is 1. The Balaban J connectivity index is 0.000000341. The van der Waals surface area contributed by atoms with Crippen LogP contribution in [0.4, 0.5) is 8.78 Å². The summed E-state index contributed by atoms with van der Waals surface area (Å²) in [6.45, 7) is 7.33. The van der Waals surface area contributed by atoms with Gasteiger partial charge in [-0.25, -0.2) is 14.7 Å². The number of benzene rings is 4. The highest BCUT2D eigenvalue weighted by Gasteiger charge is 2.03. The van der Waals surface area contributed by atoms with Crippen LogP contribution in [0.2, 0.25) is 0 Å². The lowest BCUT2D eigenvalue weighted by molar-refractivity contribution is 0.101. The fraction of sp³-hybridized carbons (Fsp3) is 0.188. The smallest absolute Gasteiger partial charge is 0.159 e. The molecule has 0 heterocycles. The summed E-state index contributed by atoms with van der Waals surface area (Å²) in [5.74, 6) is 4.60. The van der Waals surface area contributed by atoms with Gasteiger partial charge in [-0.2, -0.15) is 0 Å². The van der Waals surface area contributed by atoms with Crippen LogP contribution >= 0.6 is 12.4 Å². The Kier molecular flexibility index (Phi) is 15.5. The van der Waals surface area contributed by atoms with E-state index in [-0.39, 0.29) is 54.5 Å². The van der Waals surface area contributed by atoms with Crippen LogP contribution < -0.4 is 5.90 Å². The summed E-state index contributed by atoms with van der Waals surface area (Å²) < 4.78 is 25.4. The quantitative estimate of drug-likeness (QED) is 0.116. The third-order valence-corrected chi connectivity index (χ3v) is 5.70. The maximum atomic E-state index is 13.0. The normalized spacial score (nSPS) is 10.3. The standard InChI is InChI=1S/C16H16FNO2.C9H10O2.C7H8FNO.ClH/c1-11-6-7-14(9-16(11)19)12(2)18-20-10-13-4-3-5-15(17)8-13;1-6-3-4-8(7(2)10)5-9(6)11;8-7-3-1-2-6(4-7)5-10-9;/h3-9,19H,10H2,1-2H3;3-5,11H,1-2H3;1-4H,5,9H2;1H/b18-12+;;;. The number of phenolic OH excluding ortho intramolecular Hbond substituents is 2. The zero-order chi connectivity index (χ0) is 30.4. The van der Waals surface area contributed by atoms with Crippen molar-refractivity contribution in [2.75, 3.05) is 0 Å². The first-order valence-corrected chi connectivity index (χ1v) is 12.6. The lowest BCUT2D eigenvalue weighted by Crippen LogP contribution is -1.98. The highest BCUT2D eigenvalue weighted by atomic mass is 35.5. The number of ketones is 1. The number of nitrogens with two attached hydrogens (primary N) is 1. The molecule has 4 N–H and O–H groups in total. The lowest BCUT2D eigenvalue weighted by atomic mass is 10.1. The second kappa shape index (κ2) is 18.2. The van der Waals surface area contributed by atoms with Crippen LogP contribution in [0.15, 0.2) is 90.1 Å². The number of oxime groups is 1. The van der Waals surface area contributed by atoms with Crippen molar-refractivity contribution in [2.24, 2.45) is 11.1 Å². The van der Waals surface area contributed by atoms with E-state index in [1.807, 2.05) is 19.1 Å². The Bertz CT molecular complexity index is 1480. The molecule has 0 atom stereocenters. The summed E-state index contributed by atoms with van der Waals surface area (Å²) in [4.78, 5) is 20.3. The van der Waals surface area contributed by atoms with E-state index in [2.05, 4.69) is 9.99 Å². The zero-order valence-electron chi connectivity index (χ0n) is 23.8. The molecule has 42 heavy (non-hydrogen) atoms. The second-order valence-corrected chi connectivity index (χ2v) is 9.08. The van der Waals surface area contributed by atoms with Crippen molar-refractivity contribution in [3.05, 3.63) is 130 Å². The molecular weight excluding hydrogens is 566 g/mol. The Morgan fingerprint density at radius 1 is 0.762 bits per heavy atom. The summed E-state index contributed by atoms with van der Waals surface area (Å²) in [7, 11) is 0. The third-order valence-electron chi connectivity index (χ3n) is 5.70. The van der Waals surface area contributed by atoms with Crippen molar-refractivity contribution in [1.82, 2.24) is 0 Å². The number of Topliss-reactive ketones (excluding diaryl/α,β-unsaturated/α-hetero) is 1. The molecule has 4 aromatic carbocycles. The minimum absolute atomic E-state index is 0. The van der Waals surface area contributed by atoms with Gasteiger partial charge < -0.3 is 15.1 Å². The molecule has 0 aliphatic rings. The van der Waals surface area contributed by atoms with Crippen LogP contribution in [0, 0.1) is 25.5 Å². The fourth-order valence-electron chi connectivity index (χ4n) is 3.27. The van der Waals surface area contributed by atoms with E-state index in [4.69, 9.17) is 10.7 Å². The van der Waals surface area contributed by atoms with Crippen molar-refractivity contribution >= 4 is 23.9 Å². The van der Waals surface area contributed by atoms with Crippen molar-refractivity contribution in [2.45, 2.75) is 40.9 Å². The number of aryl methyl sites for hydroxylation is 2. The molecule has 224 valence electrons. The summed E-state index contributed by atoms with van der Waals surface area (Å²) in [5, 5.41) is 22.8. The molecule has 7 nitrogen and oxygen atoms in total. The number of hydrogen-bond acceptors (Lipinski definition) is 7.